The van der Waals surface area contributed by atoms with Gasteiger partial charge in [-0.3, -0.25) is 4.98 Å². The highest BCUT2D eigenvalue weighted by Crippen LogP contribution is 2.39. The molecular formula is C31H30FN3O2S. The van der Waals surface area contributed by atoms with Gasteiger partial charge in [0.15, 0.2) is 9.84 Å². The molecule has 1 aliphatic heterocycles. The van der Waals surface area contributed by atoms with Gasteiger partial charge in [0, 0.05) is 54.8 Å². The van der Waals surface area contributed by atoms with Crippen LogP contribution in [0.2, 0.25) is 0 Å². The molecular weight excluding hydrogens is 497 g/mol. The molecule has 38 heavy (non-hydrogen) atoms. The Bertz CT molecular complexity index is 1590. The number of hydrogen-bond donors (Lipinski definition) is 1. The predicted octanol–water partition coefficient (Wildman–Crippen LogP) is 6.83. The second-order valence-electron chi connectivity index (χ2n) is 9.45. The van der Waals surface area contributed by atoms with Gasteiger partial charge >= 0.3 is 0 Å². The van der Waals surface area contributed by atoms with Crippen LogP contribution in [-0.4, -0.2) is 42.6 Å². The third-order valence-corrected chi connectivity index (χ3v) is 8.08. The molecule has 1 aliphatic rings. The van der Waals surface area contributed by atoms with Crippen molar-refractivity contribution in [2.24, 2.45) is 0 Å². The minimum Gasteiger partial charge on any atom is -0.371 e. The molecule has 7 heteroatoms. The fourth-order valence-electron chi connectivity index (χ4n) is 4.93. The topological polar surface area (TPSA) is 66.1 Å². The van der Waals surface area contributed by atoms with E-state index in [4.69, 9.17) is 0 Å². The first-order valence-corrected chi connectivity index (χ1v) is 14.6. The molecule has 0 bridgehead atoms. The number of aromatic nitrogens is 2. The van der Waals surface area contributed by atoms with E-state index >= 15 is 0 Å². The van der Waals surface area contributed by atoms with Gasteiger partial charge in [-0.1, -0.05) is 25.1 Å². The van der Waals surface area contributed by atoms with Crippen LogP contribution in [0.3, 0.4) is 0 Å². The van der Waals surface area contributed by atoms with Crippen LogP contribution in [0.1, 0.15) is 30.9 Å². The Hall–Kier alpha value is -3.97. The minimum absolute atomic E-state index is 0.257. The Morgan fingerprint density at radius 1 is 1.03 bits per heavy atom. The molecule has 3 heterocycles. The molecule has 5 rings (SSSR count). The zero-order valence-corrected chi connectivity index (χ0v) is 22.3. The maximum atomic E-state index is 13.6. The van der Waals surface area contributed by atoms with Crippen molar-refractivity contribution in [3.63, 3.8) is 0 Å². The van der Waals surface area contributed by atoms with E-state index in [2.05, 4.69) is 40.1 Å². The van der Waals surface area contributed by atoms with Gasteiger partial charge in [0.25, 0.3) is 0 Å². The molecule has 0 amide bonds. The van der Waals surface area contributed by atoms with Crippen molar-refractivity contribution >= 4 is 21.5 Å². The standard InChI is InChI=1S/C31H30FN3O2S/c1-3-27(20-22-4-10-28(11-5-22)38(2,36)37)35-18-14-23(15-19-35)29-21-34-31(25-6-8-26(32)9-7-25)30(29)24-12-16-33-17-13-24/h4-14,16-17,20-21,34H,3,15,18-19H2,1-2H3. The zero-order valence-electron chi connectivity index (χ0n) is 21.5. The number of nitrogens with zero attached hydrogens (tertiary/aromatic N) is 2. The number of aromatic amines is 1. The SMILES string of the molecule is CCC(=Cc1ccc(S(C)(=O)=O)cc1)N1CC=C(c2c[nH]c(-c3ccc(F)cc3)c2-c2ccncc2)CC1. The van der Waals surface area contributed by atoms with Crippen LogP contribution in [0.25, 0.3) is 34.0 Å². The molecule has 0 unspecified atom stereocenters. The first kappa shape index (κ1) is 25.7. The average molecular weight is 528 g/mol. The van der Waals surface area contributed by atoms with E-state index < -0.39 is 9.84 Å². The van der Waals surface area contributed by atoms with Crippen LogP contribution in [-0.2, 0) is 9.84 Å². The Morgan fingerprint density at radius 3 is 2.34 bits per heavy atom. The summed E-state index contributed by atoms with van der Waals surface area (Å²) in [5.74, 6) is -0.257. The molecule has 194 valence electrons. The summed E-state index contributed by atoms with van der Waals surface area (Å²) in [6.45, 7) is 3.79. The largest absolute Gasteiger partial charge is 0.371 e. The molecule has 2 aromatic heterocycles. The first-order chi connectivity index (χ1) is 18.3. The van der Waals surface area contributed by atoms with Crippen molar-refractivity contribution in [1.82, 2.24) is 14.9 Å². The van der Waals surface area contributed by atoms with Crippen LogP contribution >= 0.6 is 0 Å². The van der Waals surface area contributed by atoms with Crippen molar-refractivity contribution in [1.29, 1.82) is 0 Å². The second kappa shape index (κ2) is 10.8. The zero-order chi connectivity index (χ0) is 26.7. The quantitative estimate of drug-likeness (QED) is 0.286. The summed E-state index contributed by atoms with van der Waals surface area (Å²) in [7, 11) is -3.21. The molecule has 0 spiro atoms. The van der Waals surface area contributed by atoms with Crippen LogP contribution in [0.15, 0.2) is 95.9 Å². The van der Waals surface area contributed by atoms with Gasteiger partial charge in [0.05, 0.1) is 10.6 Å². The van der Waals surface area contributed by atoms with Crippen molar-refractivity contribution in [3.8, 4) is 22.4 Å². The number of halogens is 1. The van der Waals surface area contributed by atoms with E-state index in [9.17, 15) is 12.8 Å². The van der Waals surface area contributed by atoms with Crippen molar-refractivity contribution in [2.45, 2.75) is 24.7 Å². The maximum absolute atomic E-state index is 13.6. The number of benzene rings is 2. The van der Waals surface area contributed by atoms with E-state index in [0.29, 0.717) is 4.90 Å². The number of rotatable bonds is 7. The highest BCUT2D eigenvalue weighted by Gasteiger charge is 2.21. The molecule has 1 N–H and O–H groups in total. The van der Waals surface area contributed by atoms with Gasteiger partial charge < -0.3 is 9.88 Å². The molecule has 5 nitrogen and oxygen atoms in total. The lowest BCUT2D eigenvalue weighted by atomic mass is 9.92. The van der Waals surface area contributed by atoms with Crippen LogP contribution in [0.4, 0.5) is 4.39 Å². The number of H-pyrrole nitrogens is 1. The van der Waals surface area contributed by atoms with Gasteiger partial charge in [-0.2, -0.15) is 0 Å². The van der Waals surface area contributed by atoms with Gasteiger partial charge in [-0.25, -0.2) is 12.8 Å². The maximum Gasteiger partial charge on any atom is 0.175 e. The normalized spacial score (nSPS) is 14.4. The summed E-state index contributed by atoms with van der Waals surface area (Å²) in [6, 6.07) is 17.6. The van der Waals surface area contributed by atoms with Crippen LogP contribution < -0.4 is 0 Å². The van der Waals surface area contributed by atoms with Gasteiger partial charge in [-0.15, -0.1) is 0 Å². The van der Waals surface area contributed by atoms with E-state index in [1.54, 1.807) is 36.7 Å². The summed E-state index contributed by atoms with van der Waals surface area (Å²) >= 11 is 0. The monoisotopic (exact) mass is 527 g/mol. The first-order valence-electron chi connectivity index (χ1n) is 12.7. The number of sulfone groups is 1. The van der Waals surface area contributed by atoms with Crippen molar-refractivity contribution < 1.29 is 12.8 Å². The Labute approximate surface area is 223 Å². The summed E-state index contributed by atoms with van der Waals surface area (Å²) in [6.07, 6.45) is 13.0. The van der Waals surface area contributed by atoms with Crippen molar-refractivity contribution in [2.75, 3.05) is 19.3 Å². The van der Waals surface area contributed by atoms with Gasteiger partial charge in [0.2, 0.25) is 0 Å². The molecule has 0 aliphatic carbocycles. The third kappa shape index (κ3) is 5.48. The fourth-order valence-corrected chi connectivity index (χ4v) is 5.56. The molecule has 0 atom stereocenters. The van der Waals surface area contributed by atoms with Gasteiger partial charge in [-0.05, 0) is 89.7 Å². The lowest BCUT2D eigenvalue weighted by Crippen LogP contribution is -2.27. The summed E-state index contributed by atoms with van der Waals surface area (Å²) in [5.41, 5.74) is 8.66. The Balaban J connectivity index is 1.43. The molecule has 4 aromatic rings. The molecule has 2 aromatic carbocycles. The molecule has 0 radical (unpaired) electrons. The fraction of sp³-hybridized carbons (Fsp3) is 0.194. The van der Waals surface area contributed by atoms with E-state index in [1.807, 2.05) is 24.3 Å². The molecule has 0 saturated heterocycles. The smallest absolute Gasteiger partial charge is 0.175 e. The number of pyridine rings is 1. The highest BCUT2D eigenvalue weighted by atomic mass is 32.2. The number of allylic oxidation sites excluding steroid dienone is 1. The summed E-state index contributed by atoms with van der Waals surface area (Å²) < 4.78 is 37.1. The minimum atomic E-state index is -3.21. The highest BCUT2D eigenvalue weighted by molar-refractivity contribution is 7.90. The van der Waals surface area contributed by atoms with E-state index in [0.717, 1.165) is 59.4 Å². The number of hydrogen-bond acceptors (Lipinski definition) is 4. The van der Waals surface area contributed by atoms with Gasteiger partial charge in [0.1, 0.15) is 5.82 Å². The molecule has 0 saturated carbocycles. The molecule has 0 fully saturated rings. The lowest BCUT2D eigenvalue weighted by molar-refractivity contribution is 0.372. The predicted molar refractivity (Wildman–Crippen MR) is 151 cm³/mol. The summed E-state index contributed by atoms with van der Waals surface area (Å²) in [5, 5.41) is 0. The Morgan fingerprint density at radius 2 is 1.74 bits per heavy atom. The Kier molecular flexibility index (Phi) is 7.29. The second-order valence-corrected chi connectivity index (χ2v) is 11.5. The van der Waals surface area contributed by atoms with Crippen LogP contribution in [0.5, 0.6) is 0 Å². The van der Waals surface area contributed by atoms with E-state index in [-0.39, 0.29) is 5.82 Å². The van der Waals surface area contributed by atoms with Crippen LogP contribution in [0, 0.1) is 5.82 Å². The van der Waals surface area contributed by atoms with E-state index in [1.165, 1.54) is 29.7 Å². The number of nitrogens with one attached hydrogen (secondary N) is 1. The van der Waals surface area contributed by atoms with Crippen molar-refractivity contribution in [3.05, 3.63) is 108 Å². The summed E-state index contributed by atoms with van der Waals surface area (Å²) in [4.78, 5) is 10.3. The average Bonchev–Trinajstić information content (AvgIpc) is 3.38. The third-order valence-electron chi connectivity index (χ3n) is 6.95. The lowest BCUT2D eigenvalue weighted by Gasteiger charge is -2.30.